The van der Waals surface area contributed by atoms with E-state index in [0.717, 1.165) is 23.1 Å². The topological polar surface area (TPSA) is 49.4 Å². The summed E-state index contributed by atoms with van der Waals surface area (Å²) < 4.78 is 23.7. The van der Waals surface area contributed by atoms with Crippen molar-refractivity contribution < 1.29 is 8.42 Å². The normalized spacial score (nSPS) is 13.2. The molecule has 1 unspecified atom stereocenters. The van der Waals surface area contributed by atoms with Crippen LogP contribution in [0.3, 0.4) is 0 Å². The fourth-order valence-electron chi connectivity index (χ4n) is 2.11. The molecule has 1 atom stereocenters. The minimum atomic E-state index is -2.95. The molecule has 1 rings (SSSR count). The number of halogens is 1. The molecule has 1 aromatic rings. The largest absolute Gasteiger partial charge is 0.373 e. The number of sulfone groups is 1. The van der Waals surface area contributed by atoms with Crippen LogP contribution < -0.4 is 10.2 Å². The van der Waals surface area contributed by atoms with Crippen molar-refractivity contribution in [1.29, 1.82) is 0 Å². The van der Waals surface area contributed by atoms with Gasteiger partial charge in [0.2, 0.25) is 0 Å². The lowest BCUT2D eigenvalue weighted by Gasteiger charge is -2.26. The molecule has 0 spiro atoms. The van der Waals surface area contributed by atoms with Crippen molar-refractivity contribution in [3.63, 3.8) is 0 Å². The maximum atomic E-state index is 11.3. The van der Waals surface area contributed by atoms with Crippen molar-refractivity contribution in [3.05, 3.63) is 28.2 Å². The Hall–Kier alpha value is -0.590. The SMILES string of the molecule is CCCNC(C)c1ccc(Br)cc1N(C)CCS(C)(=O)=O. The Balaban J connectivity index is 2.95. The van der Waals surface area contributed by atoms with Gasteiger partial charge < -0.3 is 10.2 Å². The quantitative estimate of drug-likeness (QED) is 0.757. The van der Waals surface area contributed by atoms with Crippen LogP contribution in [0, 0.1) is 0 Å². The van der Waals surface area contributed by atoms with Gasteiger partial charge in [0.25, 0.3) is 0 Å². The van der Waals surface area contributed by atoms with Crippen LogP contribution in [-0.4, -0.2) is 40.6 Å². The molecular formula is C15H25BrN2O2S. The van der Waals surface area contributed by atoms with E-state index in [1.54, 1.807) is 0 Å². The molecule has 0 bridgehead atoms. The fraction of sp³-hybridized carbons (Fsp3) is 0.600. The van der Waals surface area contributed by atoms with Crippen molar-refractivity contribution in [3.8, 4) is 0 Å². The first-order valence-electron chi connectivity index (χ1n) is 7.16. The zero-order chi connectivity index (χ0) is 16.0. The Morgan fingerprint density at radius 2 is 2.05 bits per heavy atom. The minimum absolute atomic E-state index is 0.159. The van der Waals surface area contributed by atoms with Gasteiger partial charge in [0, 0.05) is 36.1 Å². The molecule has 0 saturated carbocycles. The Morgan fingerprint density at radius 1 is 1.38 bits per heavy atom. The molecule has 4 nitrogen and oxygen atoms in total. The van der Waals surface area contributed by atoms with Crippen molar-refractivity contribution >= 4 is 31.5 Å². The van der Waals surface area contributed by atoms with E-state index in [1.807, 2.05) is 24.1 Å². The number of rotatable bonds is 8. The van der Waals surface area contributed by atoms with Crippen LogP contribution in [0.4, 0.5) is 5.69 Å². The van der Waals surface area contributed by atoms with Gasteiger partial charge in [-0.3, -0.25) is 0 Å². The molecule has 0 amide bonds. The predicted molar refractivity (Wildman–Crippen MR) is 93.8 cm³/mol. The van der Waals surface area contributed by atoms with Gasteiger partial charge in [-0.2, -0.15) is 0 Å². The highest BCUT2D eigenvalue weighted by atomic mass is 79.9. The molecule has 120 valence electrons. The summed E-state index contributed by atoms with van der Waals surface area (Å²) in [4.78, 5) is 2.01. The van der Waals surface area contributed by atoms with Crippen LogP contribution in [0.25, 0.3) is 0 Å². The van der Waals surface area contributed by atoms with E-state index in [1.165, 1.54) is 11.8 Å². The Kier molecular flexibility index (Phi) is 7.16. The highest BCUT2D eigenvalue weighted by Gasteiger charge is 2.15. The van der Waals surface area contributed by atoms with Crippen LogP contribution in [0.2, 0.25) is 0 Å². The summed E-state index contributed by atoms with van der Waals surface area (Å²) in [5.41, 5.74) is 2.24. The fourth-order valence-corrected chi connectivity index (χ4v) is 3.06. The Bertz CT molecular complexity index is 561. The van der Waals surface area contributed by atoms with E-state index in [9.17, 15) is 8.42 Å². The molecule has 21 heavy (non-hydrogen) atoms. The van der Waals surface area contributed by atoms with E-state index in [-0.39, 0.29) is 11.8 Å². The van der Waals surface area contributed by atoms with Crippen LogP contribution in [0.1, 0.15) is 31.9 Å². The van der Waals surface area contributed by atoms with Crippen LogP contribution in [0.15, 0.2) is 22.7 Å². The van der Waals surface area contributed by atoms with Gasteiger partial charge in [0.1, 0.15) is 9.84 Å². The number of benzene rings is 1. The van der Waals surface area contributed by atoms with E-state index < -0.39 is 9.84 Å². The lowest BCUT2D eigenvalue weighted by molar-refractivity contribution is 0.570. The molecule has 0 fully saturated rings. The number of anilines is 1. The first kappa shape index (κ1) is 18.5. The number of hydrogen-bond donors (Lipinski definition) is 1. The molecule has 0 aliphatic carbocycles. The van der Waals surface area contributed by atoms with Crippen LogP contribution >= 0.6 is 15.9 Å². The van der Waals surface area contributed by atoms with Gasteiger partial charge in [0.05, 0.1) is 5.75 Å². The molecule has 0 saturated heterocycles. The zero-order valence-electron chi connectivity index (χ0n) is 13.2. The summed E-state index contributed by atoms with van der Waals surface area (Å²) in [5, 5.41) is 3.48. The lowest BCUT2D eigenvalue weighted by atomic mass is 10.1. The third kappa shape index (κ3) is 6.36. The van der Waals surface area contributed by atoms with E-state index in [0.29, 0.717) is 6.54 Å². The second-order valence-corrected chi connectivity index (χ2v) is 8.61. The van der Waals surface area contributed by atoms with Crippen molar-refractivity contribution in [2.45, 2.75) is 26.3 Å². The first-order valence-corrected chi connectivity index (χ1v) is 10.0. The van der Waals surface area contributed by atoms with Gasteiger partial charge >= 0.3 is 0 Å². The average molecular weight is 377 g/mol. The highest BCUT2D eigenvalue weighted by molar-refractivity contribution is 9.10. The summed E-state index contributed by atoms with van der Waals surface area (Å²) in [6.07, 6.45) is 2.36. The molecular weight excluding hydrogens is 352 g/mol. The van der Waals surface area contributed by atoms with Crippen LogP contribution in [-0.2, 0) is 9.84 Å². The zero-order valence-corrected chi connectivity index (χ0v) is 15.6. The number of nitrogens with zero attached hydrogens (tertiary/aromatic N) is 1. The third-order valence-corrected chi connectivity index (χ3v) is 4.79. The van der Waals surface area contributed by atoms with Crippen molar-refractivity contribution in [1.82, 2.24) is 5.32 Å². The standard InChI is InChI=1S/C15H25BrN2O2S/c1-5-8-17-12(2)14-7-6-13(16)11-15(14)18(3)9-10-21(4,19)20/h6-7,11-12,17H,5,8-10H2,1-4H3. The van der Waals surface area contributed by atoms with Gasteiger partial charge in [0.15, 0.2) is 0 Å². The van der Waals surface area contributed by atoms with Crippen molar-refractivity contribution in [2.75, 3.05) is 37.0 Å². The third-order valence-electron chi connectivity index (χ3n) is 3.37. The maximum Gasteiger partial charge on any atom is 0.149 e. The molecule has 0 heterocycles. The molecule has 1 N–H and O–H groups in total. The maximum absolute atomic E-state index is 11.3. The van der Waals surface area contributed by atoms with E-state index >= 15 is 0 Å². The number of hydrogen-bond acceptors (Lipinski definition) is 4. The number of nitrogens with one attached hydrogen (secondary N) is 1. The lowest BCUT2D eigenvalue weighted by Crippen LogP contribution is -2.28. The second-order valence-electron chi connectivity index (χ2n) is 5.43. The van der Waals surface area contributed by atoms with E-state index in [2.05, 4.69) is 41.2 Å². The average Bonchev–Trinajstić information content (AvgIpc) is 2.41. The van der Waals surface area contributed by atoms with Gasteiger partial charge in [-0.25, -0.2) is 8.42 Å². The van der Waals surface area contributed by atoms with Gasteiger partial charge in [-0.15, -0.1) is 0 Å². The summed E-state index contributed by atoms with van der Waals surface area (Å²) in [6, 6.07) is 6.38. The second kappa shape index (κ2) is 8.15. The Labute approximate surface area is 137 Å². The smallest absolute Gasteiger partial charge is 0.149 e. The molecule has 6 heteroatoms. The Morgan fingerprint density at radius 3 is 2.62 bits per heavy atom. The molecule has 0 aromatic heterocycles. The summed E-state index contributed by atoms with van der Waals surface area (Å²) in [6.45, 7) is 5.72. The van der Waals surface area contributed by atoms with Crippen molar-refractivity contribution in [2.24, 2.45) is 0 Å². The molecule has 0 aliphatic heterocycles. The summed E-state index contributed by atoms with van der Waals surface area (Å²) >= 11 is 3.49. The van der Waals surface area contributed by atoms with Gasteiger partial charge in [-0.1, -0.05) is 28.9 Å². The molecule has 1 aromatic carbocycles. The predicted octanol–water partition coefficient (Wildman–Crippen LogP) is 2.99. The van der Waals surface area contributed by atoms with Gasteiger partial charge in [-0.05, 0) is 37.6 Å². The van der Waals surface area contributed by atoms with Crippen LogP contribution in [0.5, 0.6) is 0 Å². The minimum Gasteiger partial charge on any atom is -0.373 e. The monoisotopic (exact) mass is 376 g/mol. The highest BCUT2D eigenvalue weighted by Crippen LogP contribution is 2.29. The summed E-state index contributed by atoms with van der Waals surface area (Å²) in [7, 11) is -1.02. The molecule has 0 radical (unpaired) electrons. The van der Waals surface area contributed by atoms with E-state index in [4.69, 9.17) is 0 Å². The first-order chi connectivity index (χ1) is 9.74. The summed E-state index contributed by atoms with van der Waals surface area (Å²) in [5.74, 6) is 0.159. The molecule has 0 aliphatic rings.